The summed E-state index contributed by atoms with van der Waals surface area (Å²) in [5, 5.41) is 13.0. The molecule has 0 radical (unpaired) electrons. The molecule has 29 heavy (non-hydrogen) atoms. The first-order valence-electron chi connectivity index (χ1n) is 9.24. The number of hydrogen-bond donors (Lipinski definition) is 2. The molecule has 0 bridgehead atoms. The molecule has 1 unspecified atom stereocenters. The molecule has 0 spiro atoms. The third-order valence-corrected chi connectivity index (χ3v) is 4.87. The number of esters is 2. The maximum Gasteiger partial charge on any atom is 0.547 e. The number of fused-ring (bicyclic) bond motifs is 2. The molecule has 2 heterocycles. The van der Waals surface area contributed by atoms with E-state index in [2.05, 4.69) is 5.32 Å². The SMILES string of the molecule is CCC(=O)N[C@H]1Cc2cccc(C(=O)OC3OC(=O)c4ccccc43)c2OB1O. The number of para-hydroxylation sites is 1. The molecule has 0 aromatic heterocycles. The normalized spacial score (nSPS) is 19.5. The van der Waals surface area contributed by atoms with Crippen LogP contribution >= 0.6 is 0 Å². The van der Waals surface area contributed by atoms with Crippen LogP contribution in [0.4, 0.5) is 0 Å². The van der Waals surface area contributed by atoms with Crippen LogP contribution in [-0.4, -0.2) is 35.9 Å². The van der Waals surface area contributed by atoms with E-state index < -0.39 is 31.3 Å². The van der Waals surface area contributed by atoms with E-state index in [1.165, 1.54) is 6.07 Å². The molecule has 2 N–H and O–H groups in total. The first-order chi connectivity index (χ1) is 14.0. The second-order valence-electron chi connectivity index (χ2n) is 6.76. The highest BCUT2D eigenvalue weighted by Gasteiger charge is 2.39. The van der Waals surface area contributed by atoms with Crippen LogP contribution in [0.5, 0.6) is 5.75 Å². The third kappa shape index (κ3) is 3.56. The minimum Gasteiger partial charge on any atom is -0.534 e. The van der Waals surface area contributed by atoms with E-state index in [9.17, 15) is 19.4 Å². The Labute approximate surface area is 166 Å². The van der Waals surface area contributed by atoms with Crippen molar-refractivity contribution in [2.75, 3.05) is 0 Å². The largest absolute Gasteiger partial charge is 0.547 e. The van der Waals surface area contributed by atoms with Gasteiger partial charge in [0.05, 0.1) is 11.5 Å². The van der Waals surface area contributed by atoms with Crippen LogP contribution in [0.3, 0.4) is 0 Å². The van der Waals surface area contributed by atoms with Crippen LogP contribution < -0.4 is 9.97 Å². The molecule has 148 valence electrons. The van der Waals surface area contributed by atoms with Gasteiger partial charge in [-0.15, -0.1) is 0 Å². The minimum atomic E-state index is -1.31. The molecule has 2 aliphatic rings. The Balaban J connectivity index is 1.55. The average molecular weight is 395 g/mol. The Morgan fingerprint density at radius 2 is 2.03 bits per heavy atom. The van der Waals surface area contributed by atoms with Crippen molar-refractivity contribution < 1.29 is 33.5 Å². The monoisotopic (exact) mass is 395 g/mol. The van der Waals surface area contributed by atoms with Crippen molar-refractivity contribution in [1.82, 2.24) is 5.32 Å². The number of benzene rings is 2. The third-order valence-electron chi connectivity index (χ3n) is 4.87. The van der Waals surface area contributed by atoms with Crippen molar-refractivity contribution in [3.05, 3.63) is 64.7 Å². The quantitative estimate of drug-likeness (QED) is 0.597. The van der Waals surface area contributed by atoms with E-state index in [1.807, 2.05) is 0 Å². The molecule has 8 nitrogen and oxygen atoms in total. The van der Waals surface area contributed by atoms with Gasteiger partial charge in [-0.3, -0.25) is 4.79 Å². The van der Waals surface area contributed by atoms with E-state index in [4.69, 9.17) is 14.1 Å². The number of cyclic esters (lactones) is 1. The maximum atomic E-state index is 12.8. The number of hydrogen-bond acceptors (Lipinski definition) is 7. The van der Waals surface area contributed by atoms with Crippen molar-refractivity contribution >= 4 is 25.0 Å². The number of rotatable bonds is 4. The summed E-state index contributed by atoms with van der Waals surface area (Å²) in [6.07, 6.45) is -0.568. The van der Waals surface area contributed by atoms with Crippen molar-refractivity contribution in [2.45, 2.75) is 32.0 Å². The van der Waals surface area contributed by atoms with Crippen LogP contribution in [0.15, 0.2) is 42.5 Å². The molecule has 2 atom stereocenters. The van der Waals surface area contributed by atoms with E-state index >= 15 is 0 Å². The lowest BCUT2D eigenvalue weighted by Gasteiger charge is -2.29. The summed E-state index contributed by atoms with van der Waals surface area (Å²) in [7, 11) is -1.31. The predicted octanol–water partition coefficient (Wildman–Crippen LogP) is 1.56. The number of nitrogens with one attached hydrogen (secondary N) is 1. The molecule has 1 amide bonds. The smallest absolute Gasteiger partial charge is 0.534 e. The first kappa shape index (κ1) is 19.0. The highest BCUT2D eigenvalue weighted by molar-refractivity contribution is 6.47. The van der Waals surface area contributed by atoms with E-state index in [1.54, 1.807) is 43.3 Å². The number of ether oxygens (including phenoxy) is 2. The lowest BCUT2D eigenvalue weighted by Crippen LogP contribution is -2.53. The molecular weight excluding hydrogens is 377 g/mol. The molecule has 9 heteroatoms. The van der Waals surface area contributed by atoms with E-state index in [0.717, 1.165) is 0 Å². The highest BCUT2D eigenvalue weighted by atomic mass is 16.7. The summed E-state index contributed by atoms with van der Waals surface area (Å²) >= 11 is 0. The first-order valence-corrected chi connectivity index (χ1v) is 9.24. The van der Waals surface area contributed by atoms with Gasteiger partial charge in [0.25, 0.3) is 6.29 Å². The Morgan fingerprint density at radius 3 is 2.83 bits per heavy atom. The summed E-state index contributed by atoms with van der Waals surface area (Å²) in [4.78, 5) is 36.3. The second kappa shape index (κ2) is 7.59. The topological polar surface area (TPSA) is 111 Å². The number of amides is 1. The van der Waals surface area contributed by atoms with Gasteiger partial charge in [0.1, 0.15) is 11.3 Å². The molecule has 2 aromatic rings. The molecule has 2 aliphatic heterocycles. The molecule has 0 saturated heterocycles. The summed E-state index contributed by atoms with van der Waals surface area (Å²) in [5.74, 6) is -1.96. The average Bonchev–Trinajstić information content (AvgIpc) is 3.03. The van der Waals surface area contributed by atoms with Gasteiger partial charge in [-0.1, -0.05) is 37.3 Å². The molecule has 0 aliphatic carbocycles. The van der Waals surface area contributed by atoms with Gasteiger partial charge in [-0.05, 0) is 24.1 Å². The highest BCUT2D eigenvalue weighted by Crippen LogP contribution is 2.35. The summed E-state index contributed by atoms with van der Waals surface area (Å²) in [5.41, 5.74) is 1.57. The Hall–Kier alpha value is -3.33. The predicted molar refractivity (Wildman–Crippen MR) is 101 cm³/mol. The molecule has 0 saturated carbocycles. The van der Waals surface area contributed by atoms with Crippen molar-refractivity contribution in [3.8, 4) is 5.75 Å². The van der Waals surface area contributed by atoms with Crippen molar-refractivity contribution in [2.24, 2.45) is 0 Å². The van der Waals surface area contributed by atoms with E-state index in [-0.39, 0.29) is 23.6 Å². The molecule has 4 rings (SSSR count). The van der Waals surface area contributed by atoms with Gasteiger partial charge in [0, 0.05) is 12.0 Å². The van der Waals surface area contributed by atoms with Crippen LogP contribution in [-0.2, 0) is 20.7 Å². The molecule has 2 aromatic carbocycles. The summed E-state index contributed by atoms with van der Waals surface area (Å²) < 4.78 is 16.1. The standard InChI is InChI=1S/C20H18BNO7/c1-2-16(23)22-15-10-11-6-5-9-14(17(11)29-21(15)26)19(25)28-20-13-8-4-3-7-12(13)18(24)27-20/h3-9,15,20,26H,2,10H2,1H3,(H,22,23)/t15-,20?/m0/s1. The second-order valence-corrected chi connectivity index (χ2v) is 6.76. The Bertz CT molecular complexity index is 993. The van der Waals surface area contributed by atoms with Crippen molar-refractivity contribution in [1.29, 1.82) is 0 Å². The fourth-order valence-electron chi connectivity index (χ4n) is 3.38. The summed E-state index contributed by atoms with van der Waals surface area (Å²) in [6.45, 7) is 1.71. The maximum absolute atomic E-state index is 12.8. The Morgan fingerprint density at radius 1 is 1.24 bits per heavy atom. The number of carbonyl (C=O) groups excluding carboxylic acids is 3. The van der Waals surface area contributed by atoms with Crippen LogP contribution in [0.25, 0.3) is 0 Å². The lowest BCUT2D eigenvalue weighted by atomic mass is 9.72. The molecular formula is C20H18BNO7. The fourth-order valence-corrected chi connectivity index (χ4v) is 3.38. The zero-order valence-corrected chi connectivity index (χ0v) is 15.6. The van der Waals surface area contributed by atoms with Gasteiger partial charge in [-0.2, -0.15) is 0 Å². The lowest BCUT2D eigenvalue weighted by molar-refractivity contribution is -0.121. The van der Waals surface area contributed by atoms with Gasteiger partial charge >= 0.3 is 19.1 Å². The van der Waals surface area contributed by atoms with Gasteiger partial charge in [0.15, 0.2) is 0 Å². The molecule has 0 fully saturated rings. The van der Waals surface area contributed by atoms with Gasteiger partial charge in [0.2, 0.25) is 5.91 Å². The fraction of sp³-hybridized carbons (Fsp3) is 0.250. The summed E-state index contributed by atoms with van der Waals surface area (Å²) in [6, 6.07) is 11.6. The zero-order valence-electron chi connectivity index (χ0n) is 15.6. The van der Waals surface area contributed by atoms with Crippen LogP contribution in [0, 0.1) is 0 Å². The van der Waals surface area contributed by atoms with Crippen LogP contribution in [0.1, 0.15) is 51.5 Å². The minimum absolute atomic E-state index is 0.0993. The van der Waals surface area contributed by atoms with Gasteiger partial charge in [-0.25, -0.2) is 9.59 Å². The Kier molecular flexibility index (Phi) is 4.98. The van der Waals surface area contributed by atoms with Gasteiger partial charge < -0.3 is 24.5 Å². The van der Waals surface area contributed by atoms with Crippen molar-refractivity contribution in [3.63, 3.8) is 0 Å². The number of carbonyl (C=O) groups is 3. The van der Waals surface area contributed by atoms with E-state index in [0.29, 0.717) is 23.1 Å². The van der Waals surface area contributed by atoms with Crippen LogP contribution in [0.2, 0.25) is 0 Å². The zero-order chi connectivity index (χ0) is 20.5.